The molecule has 0 aromatic carbocycles. The van der Waals surface area contributed by atoms with Crippen LogP contribution in [0.1, 0.15) is 20.3 Å². The predicted molar refractivity (Wildman–Crippen MR) is 91.9 cm³/mol. The average molecular weight is 333 g/mol. The fourth-order valence-electron chi connectivity index (χ4n) is 3.29. The summed E-state index contributed by atoms with van der Waals surface area (Å²) >= 11 is 0. The number of nitrogens with zero attached hydrogens (tertiary/aromatic N) is 5. The zero-order chi connectivity index (χ0) is 16.9. The van der Waals surface area contributed by atoms with Crippen LogP contribution < -0.4 is 4.90 Å². The van der Waals surface area contributed by atoms with Gasteiger partial charge in [0, 0.05) is 64.1 Å². The van der Waals surface area contributed by atoms with Gasteiger partial charge in [0.05, 0.1) is 12.7 Å². The summed E-state index contributed by atoms with van der Waals surface area (Å²) in [7, 11) is 0. The molecule has 7 nitrogen and oxygen atoms in total. The third kappa shape index (κ3) is 4.21. The zero-order valence-corrected chi connectivity index (χ0v) is 14.6. The van der Waals surface area contributed by atoms with Crippen LogP contribution in [0.4, 0.5) is 5.95 Å². The number of amides is 1. The average Bonchev–Trinajstić information content (AvgIpc) is 2.63. The molecule has 1 aromatic heterocycles. The smallest absolute Gasteiger partial charge is 0.225 e. The van der Waals surface area contributed by atoms with Crippen molar-refractivity contribution in [3.63, 3.8) is 0 Å². The first-order chi connectivity index (χ1) is 11.6. The second kappa shape index (κ2) is 7.90. The molecule has 2 aliphatic rings. The van der Waals surface area contributed by atoms with E-state index in [9.17, 15) is 4.79 Å². The number of piperazine rings is 1. The molecule has 132 valence electrons. The largest absolute Gasteiger partial charge is 0.376 e. The summed E-state index contributed by atoms with van der Waals surface area (Å²) in [5.41, 5.74) is 0. The van der Waals surface area contributed by atoms with E-state index in [0.29, 0.717) is 12.5 Å². The van der Waals surface area contributed by atoms with E-state index in [-0.39, 0.29) is 12.0 Å². The Morgan fingerprint density at radius 1 is 1.21 bits per heavy atom. The van der Waals surface area contributed by atoms with Gasteiger partial charge in [0.1, 0.15) is 0 Å². The Kier molecular flexibility index (Phi) is 5.63. The van der Waals surface area contributed by atoms with Crippen LogP contribution in [0.2, 0.25) is 0 Å². The van der Waals surface area contributed by atoms with E-state index >= 15 is 0 Å². The first-order valence-electron chi connectivity index (χ1n) is 8.79. The van der Waals surface area contributed by atoms with E-state index in [1.54, 1.807) is 12.4 Å². The van der Waals surface area contributed by atoms with Gasteiger partial charge in [-0.2, -0.15) is 0 Å². The lowest BCUT2D eigenvalue weighted by Crippen LogP contribution is -2.51. The molecule has 0 saturated carbocycles. The number of carbonyl (C=O) groups excluding carboxylic acids is 1. The van der Waals surface area contributed by atoms with E-state index < -0.39 is 0 Å². The van der Waals surface area contributed by atoms with E-state index in [1.807, 2.05) is 11.0 Å². The van der Waals surface area contributed by atoms with E-state index in [1.165, 1.54) is 0 Å². The molecule has 2 unspecified atom stereocenters. The van der Waals surface area contributed by atoms with Gasteiger partial charge in [-0.15, -0.1) is 0 Å². The summed E-state index contributed by atoms with van der Waals surface area (Å²) in [5, 5.41) is 0. The minimum absolute atomic E-state index is 0.245. The number of hydrogen-bond acceptors (Lipinski definition) is 6. The van der Waals surface area contributed by atoms with Crippen LogP contribution in [0.3, 0.4) is 0 Å². The first kappa shape index (κ1) is 17.1. The molecular formula is C17H27N5O2. The number of anilines is 1. The van der Waals surface area contributed by atoms with Crippen LogP contribution in [0.25, 0.3) is 0 Å². The molecule has 7 heteroatoms. The summed E-state index contributed by atoms with van der Waals surface area (Å²) < 4.78 is 5.64. The van der Waals surface area contributed by atoms with Crippen molar-refractivity contribution in [3.05, 3.63) is 18.5 Å². The molecule has 2 fully saturated rings. The second-order valence-electron chi connectivity index (χ2n) is 6.65. The quantitative estimate of drug-likeness (QED) is 0.805. The van der Waals surface area contributed by atoms with Crippen LogP contribution >= 0.6 is 0 Å². The van der Waals surface area contributed by atoms with Crippen LogP contribution in [0.5, 0.6) is 0 Å². The standard InChI is InChI=1S/C17H27N5O2/c1-14-13-24-15(2)12-22(14)7-4-16(23)20-8-10-21(11-9-20)17-18-5-3-6-19-17/h3,5-6,14-15H,4,7-13H2,1-2H3. The molecule has 3 heterocycles. The fraction of sp³-hybridized carbons (Fsp3) is 0.706. The Labute approximate surface area is 143 Å². The van der Waals surface area contributed by atoms with Crippen molar-refractivity contribution < 1.29 is 9.53 Å². The number of rotatable bonds is 4. The highest BCUT2D eigenvalue weighted by Crippen LogP contribution is 2.14. The molecule has 0 radical (unpaired) electrons. The topological polar surface area (TPSA) is 61.8 Å². The van der Waals surface area contributed by atoms with Gasteiger partial charge in [0.25, 0.3) is 0 Å². The highest BCUT2D eigenvalue weighted by atomic mass is 16.5. The number of aromatic nitrogens is 2. The predicted octanol–water partition coefficient (Wildman–Crippen LogP) is 0.625. The van der Waals surface area contributed by atoms with Gasteiger partial charge in [0.2, 0.25) is 11.9 Å². The minimum atomic E-state index is 0.245. The van der Waals surface area contributed by atoms with Crippen LogP contribution in [-0.4, -0.2) is 83.7 Å². The van der Waals surface area contributed by atoms with Gasteiger partial charge in [-0.1, -0.05) is 0 Å². The monoisotopic (exact) mass is 333 g/mol. The molecule has 2 atom stereocenters. The van der Waals surface area contributed by atoms with E-state index in [0.717, 1.165) is 51.8 Å². The Morgan fingerprint density at radius 2 is 1.92 bits per heavy atom. The molecule has 24 heavy (non-hydrogen) atoms. The van der Waals surface area contributed by atoms with Crippen molar-refractivity contribution in [1.82, 2.24) is 19.8 Å². The Balaban J connectivity index is 1.44. The van der Waals surface area contributed by atoms with Crippen molar-refractivity contribution in [1.29, 1.82) is 0 Å². The lowest BCUT2D eigenvalue weighted by atomic mass is 10.2. The molecule has 2 saturated heterocycles. The second-order valence-corrected chi connectivity index (χ2v) is 6.65. The number of ether oxygens (including phenoxy) is 1. The molecule has 0 bridgehead atoms. The zero-order valence-electron chi connectivity index (χ0n) is 14.6. The molecule has 3 rings (SSSR count). The third-order valence-electron chi connectivity index (χ3n) is 4.82. The highest BCUT2D eigenvalue weighted by molar-refractivity contribution is 5.76. The van der Waals surface area contributed by atoms with Gasteiger partial charge >= 0.3 is 0 Å². The van der Waals surface area contributed by atoms with E-state index in [2.05, 4.69) is 33.6 Å². The number of carbonyl (C=O) groups is 1. The van der Waals surface area contributed by atoms with E-state index in [4.69, 9.17) is 4.74 Å². The van der Waals surface area contributed by atoms with Gasteiger partial charge in [-0.3, -0.25) is 9.69 Å². The molecular weight excluding hydrogens is 306 g/mol. The minimum Gasteiger partial charge on any atom is -0.376 e. The SMILES string of the molecule is CC1CN(CCC(=O)N2CCN(c3ncccn3)CC2)C(C)CO1. The molecule has 0 spiro atoms. The Hall–Kier alpha value is -1.73. The molecule has 1 amide bonds. The van der Waals surface area contributed by atoms with Crippen LogP contribution in [-0.2, 0) is 9.53 Å². The van der Waals surface area contributed by atoms with Gasteiger partial charge in [-0.25, -0.2) is 9.97 Å². The Bertz CT molecular complexity index is 533. The fourth-order valence-corrected chi connectivity index (χ4v) is 3.29. The lowest BCUT2D eigenvalue weighted by molar-refractivity contribution is -0.132. The summed E-state index contributed by atoms with van der Waals surface area (Å²) in [5.74, 6) is 0.996. The summed E-state index contributed by atoms with van der Waals surface area (Å²) in [6.45, 7) is 9.80. The summed E-state index contributed by atoms with van der Waals surface area (Å²) in [4.78, 5) is 27.5. The molecule has 1 aromatic rings. The maximum Gasteiger partial charge on any atom is 0.225 e. The lowest BCUT2D eigenvalue weighted by Gasteiger charge is -2.38. The summed E-state index contributed by atoms with van der Waals surface area (Å²) in [6, 6.07) is 2.21. The maximum atomic E-state index is 12.5. The number of morpholine rings is 1. The van der Waals surface area contributed by atoms with Crippen molar-refractivity contribution in [2.75, 3.05) is 50.8 Å². The Morgan fingerprint density at radius 3 is 2.62 bits per heavy atom. The maximum absolute atomic E-state index is 12.5. The van der Waals surface area contributed by atoms with Gasteiger partial charge in [0.15, 0.2) is 0 Å². The van der Waals surface area contributed by atoms with Crippen molar-refractivity contribution >= 4 is 11.9 Å². The first-order valence-corrected chi connectivity index (χ1v) is 8.79. The number of hydrogen-bond donors (Lipinski definition) is 0. The van der Waals surface area contributed by atoms with Crippen molar-refractivity contribution in [2.24, 2.45) is 0 Å². The van der Waals surface area contributed by atoms with Crippen molar-refractivity contribution in [2.45, 2.75) is 32.4 Å². The summed E-state index contributed by atoms with van der Waals surface area (Å²) in [6.07, 6.45) is 4.35. The molecule has 2 aliphatic heterocycles. The van der Waals surface area contributed by atoms with Gasteiger partial charge in [-0.05, 0) is 19.9 Å². The molecule has 0 N–H and O–H groups in total. The normalized spacial score (nSPS) is 25.8. The van der Waals surface area contributed by atoms with Crippen LogP contribution in [0.15, 0.2) is 18.5 Å². The van der Waals surface area contributed by atoms with Gasteiger partial charge < -0.3 is 14.5 Å². The van der Waals surface area contributed by atoms with Crippen molar-refractivity contribution in [3.8, 4) is 0 Å². The molecule has 0 aliphatic carbocycles. The highest BCUT2D eigenvalue weighted by Gasteiger charge is 2.26. The van der Waals surface area contributed by atoms with Crippen LogP contribution in [0, 0.1) is 0 Å². The third-order valence-corrected chi connectivity index (χ3v) is 4.82.